The zero-order valence-corrected chi connectivity index (χ0v) is 9.80. The third kappa shape index (κ3) is 2.57. The summed E-state index contributed by atoms with van der Waals surface area (Å²) in [6, 6.07) is 4.81. The maximum atomic E-state index is 11.2. The van der Waals surface area contributed by atoms with Gasteiger partial charge in [-0.25, -0.2) is 0 Å². The highest BCUT2D eigenvalue weighted by molar-refractivity contribution is 5.99. The van der Waals surface area contributed by atoms with Crippen LogP contribution in [0.1, 0.15) is 22.1 Å². The van der Waals surface area contributed by atoms with E-state index >= 15 is 0 Å². The van der Waals surface area contributed by atoms with Gasteiger partial charge in [-0.15, -0.1) is 0 Å². The summed E-state index contributed by atoms with van der Waals surface area (Å²) >= 11 is 0. The van der Waals surface area contributed by atoms with Crippen molar-refractivity contribution >= 4 is 17.3 Å². The van der Waals surface area contributed by atoms with Crippen molar-refractivity contribution < 1.29 is 9.32 Å². The van der Waals surface area contributed by atoms with E-state index in [1.807, 2.05) is 0 Å². The summed E-state index contributed by atoms with van der Waals surface area (Å²) in [5.74, 6) is 0.444. The van der Waals surface area contributed by atoms with Crippen molar-refractivity contribution in [2.75, 3.05) is 11.1 Å². The van der Waals surface area contributed by atoms with Crippen molar-refractivity contribution in [1.82, 2.24) is 10.1 Å². The molecular formula is C11H13N5O2. The third-order valence-electron chi connectivity index (χ3n) is 2.31. The lowest BCUT2D eigenvalue weighted by Crippen LogP contribution is -2.14. The number of carbonyl (C=O) groups is 1. The Morgan fingerprint density at radius 1 is 1.50 bits per heavy atom. The quantitative estimate of drug-likeness (QED) is 0.683. The van der Waals surface area contributed by atoms with Gasteiger partial charge in [-0.1, -0.05) is 5.16 Å². The van der Waals surface area contributed by atoms with Crippen LogP contribution in [0.25, 0.3) is 0 Å². The lowest BCUT2D eigenvalue weighted by molar-refractivity contribution is 0.100. The number of nitrogens with two attached hydrogens (primary N) is 2. The molecular weight excluding hydrogens is 234 g/mol. The molecule has 0 atom stereocenters. The number of anilines is 2. The molecule has 5 N–H and O–H groups in total. The molecule has 0 aliphatic carbocycles. The maximum Gasteiger partial charge on any atom is 0.250 e. The van der Waals surface area contributed by atoms with Gasteiger partial charge in [0.25, 0.3) is 5.91 Å². The lowest BCUT2D eigenvalue weighted by atomic mass is 10.1. The van der Waals surface area contributed by atoms with E-state index in [2.05, 4.69) is 15.5 Å². The molecule has 2 aromatic rings. The Morgan fingerprint density at radius 3 is 2.89 bits per heavy atom. The number of nitrogens with zero attached hydrogens (tertiary/aromatic N) is 2. The van der Waals surface area contributed by atoms with E-state index in [1.165, 1.54) is 0 Å². The monoisotopic (exact) mass is 247 g/mol. The third-order valence-corrected chi connectivity index (χ3v) is 2.31. The largest absolute Gasteiger partial charge is 0.399 e. The van der Waals surface area contributed by atoms with Gasteiger partial charge in [0.1, 0.15) is 0 Å². The number of nitrogen functional groups attached to an aromatic ring is 1. The van der Waals surface area contributed by atoms with Crippen molar-refractivity contribution in [1.29, 1.82) is 0 Å². The SMILES string of the molecule is Cc1noc(CNc2cc(N)ccc2C(N)=O)n1. The topological polar surface area (TPSA) is 120 Å². The van der Waals surface area contributed by atoms with Gasteiger partial charge in [0.05, 0.1) is 12.1 Å². The number of benzene rings is 1. The number of amides is 1. The Kier molecular flexibility index (Phi) is 3.13. The number of primary amides is 1. The molecule has 1 aromatic heterocycles. The molecule has 0 radical (unpaired) electrons. The van der Waals surface area contributed by atoms with Crippen LogP contribution in [-0.4, -0.2) is 16.0 Å². The number of nitrogens with one attached hydrogen (secondary N) is 1. The fraction of sp³-hybridized carbons (Fsp3) is 0.182. The predicted octanol–water partition coefficient (Wildman–Crippen LogP) is 0.671. The van der Waals surface area contributed by atoms with Crippen LogP contribution in [-0.2, 0) is 6.54 Å². The van der Waals surface area contributed by atoms with Crippen LogP contribution in [0.15, 0.2) is 22.7 Å². The zero-order valence-electron chi connectivity index (χ0n) is 9.80. The van der Waals surface area contributed by atoms with Crippen LogP contribution in [0.2, 0.25) is 0 Å². The molecule has 0 fully saturated rings. The Labute approximate surface area is 103 Å². The molecule has 0 spiro atoms. The summed E-state index contributed by atoms with van der Waals surface area (Å²) in [5, 5.41) is 6.65. The molecule has 18 heavy (non-hydrogen) atoms. The molecule has 0 saturated carbocycles. The van der Waals surface area contributed by atoms with Crippen molar-refractivity contribution in [2.24, 2.45) is 5.73 Å². The van der Waals surface area contributed by atoms with E-state index in [9.17, 15) is 4.79 Å². The predicted molar refractivity (Wildman–Crippen MR) is 65.7 cm³/mol. The van der Waals surface area contributed by atoms with Crippen molar-refractivity contribution in [3.05, 3.63) is 35.5 Å². The molecule has 7 nitrogen and oxygen atoms in total. The van der Waals surface area contributed by atoms with E-state index in [-0.39, 0.29) is 0 Å². The molecule has 0 unspecified atom stereocenters. The molecule has 94 valence electrons. The minimum absolute atomic E-state index is 0.296. The molecule has 1 amide bonds. The van der Waals surface area contributed by atoms with E-state index < -0.39 is 5.91 Å². The molecule has 0 saturated heterocycles. The van der Waals surface area contributed by atoms with Gasteiger partial charge >= 0.3 is 0 Å². The average molecular weight is 247 g/mol. The summed E-state index contributed by atoms with van der Waals surface area (Å²) in [4.78, 5) is 15.3. The van der Waals surface area contributed by atoms with Crippen molar-refractivity contribution in [3.63, 3.8) is 0 Å². The fourth-order valence-corrected chi connectivity index (χ4v) is 1.51. The van der Waals surface area contributed by atoms with Crippen LogP contribution in [0.4, 0.5) is 11.4 Å². The molecule has 1 aromatic carbocycles. The number of hydrogen-bond donors (Lipinski definition) is 3. The average Bonchev–Trinajstić information content (AvgIpc) is 2.72. The Balaban J connectivity index is 2.17. The first-order valence-corrected chi connectivity index (χ1v) is 5.28. The minimum atomic E-state index is -0.529. The van der Waals surface area contributed by atoms with Gasteiger partial charge in [-0.3, -0.25) is 4.79 Å². The van der Waals surface area contributed by atoms with Crippen LogP contribution >= 0.6 is 0 Å². The molecule has 7 heteroatoms. The number of hydrogen-bond acceptors (Lipinski definition) is 6. The highest BCUT2D eigenvalue weighted by Crippen LogP contribution is 2.19. The fourth-order valence-electron chi connectivity index (χ4n) is 1.51. The lowest BCUT2D eigenvalue weighted by Gasteiger charge is -2.08. The van der Waals surface area contributed by atoms with E-state index in [1.54, 1.807) is 25.1 Å². The normalized spacial score (nSPS) is 10.3. The smallest absolute Gasteiger partial charge is 0.250 e. The first kappa shape index (κ1) is 11.9. The highest BCUT2D eigenvalue weighted by Gasteiger charge is 2.09. The number of rotatable bonds is 4. The first-order chi connectivity index (χ1) is 8.56. The summed E-state index contributed by atoms with van der Waals surface area (Å²) in [7, 11) is 0. The summed E-state index contributed by atoms with van der Waals surface area (Å²) in [6.45, 7) is 2.02. The molecule has 0 aliphatic rings. The molecule has 0 bridgehead atoms. The second kappa shape index (κ2) is 4.74. The molecule has 2 rings (SSSR count). The van der Waals surface area contributed by atoms with E-state index in [4.69, 9.17) is 16.0 Å². The Hall–Kier alpha value is -2.57. The van der Waals surface area contributed by atoms with Gasteiger partial charge < -0.3 is 21.3 Å². The van der Waals surface area contributed by atoms with E-state index in [0.29, 0.717) is 35.2 Å². The van der Waals surface area contributed by atoms with Crippen molar-refractivity contribution in [3.8, 4) is 0 Å². The first-order valence-electron chi connectivity index (χ1n) is 5.28. The second-order valence-corrected chi connectivity index (χ2v) is 3.76. The minimum Gasteiger partial charge on any atom is -0.399 e. The van der Waals surface area contributed by atoms with Gasteiger partial charge in [0, 0.05) is 11.4 Å². The highest BCUT2D eigenvalue weighted by atomic mass is 16.5. The maximum absolute atomic E-state index is 11.2. The standard InChI is InChI=1S/C11H13N5O2/c1-6-15-10(18-16-6)5-14-9-4-7(12)2-3-8(9)11(13)17/h2-4,14H,5,12H2,1H3,(H2,13,17). The number of aryl methyl sites for hydroxylation is 1. The number of carbonyl (C=O) groups excluding carboxylic acids is 1. The van der Waals surface area contributed by atoms with Crippen LogP contribution in [0.3, 0.4) is 0 Å². The van der Waals surface area contributed by atoms with Gasteiger partial charge in [0.2, 0.25) is 5.89 Å². The molecule has 0 aliphatic heterocycles. The second-order valence-electron chi connectivity index (χ2n) is 3.76. The Bertz CT molecular complexity index is 579. The van der Waals surface area contributed by atoms with E-state index in [0.717, 1.165) is 0 Å². The van der Waals surface area contributed by atoms with Gasteiger partial charge in [0.15, 0.2) is 5.82 Å². The van der Waals surface area contributed by atoms with Crippen LogP contribution < -0.4 is 16.8 Å². The van der Waals surface area contributed by atoms with Crippen molar-refractivity contribution in [2.45, 2.75) is 13.5 Å². The summed E-state index contributed by atoms with van der Waals surface area (Å²) < 4.78 is 4.95. The summed E-state index contributed by atoms with van der Waals surface area (Å²) in [6.07, 6.45) is 0. The zero-order chi connectivity index (χ0) is 13.1. The Morgan fingerprint density at radius 2 is 2.28 bits per heavy atom. The molecule has 1 heterocycles. The summed E-state index contributed by atoms with van der Waals surface area (Å²) in [5.41, 5.74) is 12.4. The number of aromatic nitrogens is 2. The van der Waals surface area contributed by atoms with Crippen LogP contribution in [0, 0.1) is 6.92 Å². The van der Waals surface area contributed by atoms with Gasteiger partial charge in [-0.2, -0.15) is 4.98 Å². The van der Waals surface area contributed by atoms with Crippen LogP contribution in [0.5, 0.6) is 0 Å². The van der Waals surface area contributed by atoms with Gasteiger partial charge in [-0.05, 0) is 25.1 Å².